The summed E-state index contributed by atoms with van der Waals surface area (Å²) in [6, 6.07) is 9.03. The molecule has 1 spiro atoms. The van der Waals surface area contributed by atoms with Gasteiger partial charge in [-0.1, -0.05) is 29.8 Å². The van der Waals surface area contributed by atoms with Crippen molar-refractivity contribution in [1.29, 1.82) is 0 Å². The Kier molecular flexibility index (Phi) is 2.94. The van der Waals surface area contributed by atoms with E-state index in [9.17, 15) is 4.79 Å². The van der Waals surface area contributed by atoms with Gasteiger partial charge in [0.15, 0.2) is 0 Å². The second-order valence-corrected chi connectivity index (χ2v) is 7.68. The van der Waals surface area contributed by atoms with E-state index in [1.165, 1.54) is 23.9 Å². The van der Waals surface area contributed by atoms with Crippen molar-refractivity contribution in [3.05, 3.63) is 41.5 Å². The fraction of sp³-hybridized carbons (Fsp3) is 0.550. The molecular weight excluding hydrogens is 300 g/mol. The minimum atomic E-state index is -0.204. The van der Waals surface area contributed by atoms with Gasteiger partial charge in [-0.3, -0.25) is 9.69 Å². The third kappa shape index (κ3) is 1.55. The Morgan fingerprint density at radius 3 is 3.04 bits per heavy atom. The second kappa shape index (κ2) is 4.85. The predicted octanol–water partition coefficient (Wildman–Crippen LogP) is 2.78. The number of fused-ring (bicyclic) bond motifs is 3. The third-order valence-corrected chi connectivity index (χ3v) is 7.04. The molecule has 3 heterocycles. The van der Waals surface area contributed by atoms with Crippen LogP contribution < -0.4 is 5.32 Å². The lowest BCUT2D eigenvalue weighted by Crippen LogP contribution is -2.62. The zero-order valence-corrected chi connectivity index (χ0v) is 14.3. The molecule has 2 bridgehead atoms. The summed E-state index contributed by atoms with van der Waals surface area (Å²) in [6.45, 7) is 4.23. The van der Waals surface area contributed by atoms with E-state index in [4.69, 9.17) is 4.74 Å². The number of piperidine rings is 2. The van der Waals surface area contributed by atoms with Crippen molar-refractivity contribution in [2.75, 3.05) is 25.5 Å². The summed E-state index contributed by atoms with van der Waals surface area (Å²) < 4.78 is 5.30. The summed E-state index contributed by atoms with van der Waals surface area (Å²) >= 11 is 0. The number of hydrogen-bond acceptors (Lipinski definition) is 4. The highest BCUT2D eigenvalue weighted by molar-refractivity contribution is 5.80. The molecule has 3 aliphatic heterocycles. The number of hydrogen-bond donors (Lipinski definition) is 1. The number of benzene rings is 1. The van der Waals surface area contributed by atoms with Crippen molar-refractivity contribution in [3.8, 4) is 0 Å². The highest BCUT2D eigenvalue weighted by atomic mass is 16.5. The van der Waals surface area contributed by atoms with Crippen LogP contribution in [-0.2, 0) is 9.53 Å². The first-order valence-corrected chi connectivity index (χ1v) is 9.04. The Bertz CT molecular complexity index is 743. The minimum Gasteiger partial charge on any atom is -0.469 e. The van der Waals surface area contributed by atoms with Crippen molar-refractivity contribution < 1.29 is 9.53 Å². The molecule has 24 heavy (non-hydrogen) atoms. The lowest BCUT2D eigenvalue weighted by Gasteiger charge is -2.49. The third-order valence-electron chi connectivity index (χ3n) is 7.04. The zero-order valence-electron chi connectivity index (χ0n) is 14.3. The summed E-state index contributed by atoms with van der Waals surface area (Å²) in [4.78, 5) is 15.5. The van der Waals surface area contributed by atoms with E-state index in [-0.39, 0.29) is 17.4 Å². The summed E-state index contributed by atoms with van der Waals surface area (Å²) in [5, 5.41) is 3.85. The zero-order chi connectivity index (χ0) is 16.5. The molecule has 1 aromatic carbocycles. The highest BCUT2D eigenvalue weighted by Gasteiger charge is 2.69. The van der Waals surface area contributed by atoms with Gasteiger partial charge in [-0.05, 0) is 43.9 Å². The topological polar surface area (TPSA) is 41.6 Å². The van der Waals surface area contributed by atoms with Crippen molar-refractivity contribution in [2.45, 2.75) is 37.3 Å². The van der Waals surface area contributed by atoms with Crippen molar-refractivity contribution in [3.63, 3.8) is 0 Å². The first kappa shape index (κ1) is 14.5. The number of anilines is 1. The maximum absolute atomic E-state index is 12.9. The number of nitrogens with one attached hydrogen (secondary N) is 1. The van der Waals surface area contributed by atoms with Crippen LogP contribution in [0.25, 0.3) is 0 Å². The van der Waals surface area contributed by atoms with E-state index >= 15 is 0 Å². The van der Waals surface area contributed by atoms with Gasteiger partial charge in [0.05, 0.1) is 18.6 Å². The van der Waals surface area contributed by atoms with Gasteiger partial charge in [0.25, 0.3) is 0 Å². The van der Waals surface area contributed by atoms with E-state index in [0.717, 1.165) is 25.9 Å². The lowest BCUT2D eigenvalue weighted by atomic mass is 9.69. The van der Waals surface area contributed by atoms with Crippen LogP contribution in [0, 0.1) is 11.8 Å². The average molecular weight is 324 g/mol. The Hall–Kier alpha value is -1.81. The Morgan fingerprint density at radius 1 is 1.42 bits per heavy atom. The van der Waals surface area contributed by atoms with Gasteiger partial charge < -0.3 is 10.1 Å². The maximum Gasteiger partial charge on any atom is 0.311 e. The average Bonchev–Trinajstić information content (AvgIpc) is 3.11. The quantitative estimate of drug-likeness (QED) is 0.637. The SMILES string of the molecule is C/C=C1/CN2CC[C@H]3c4ccccc4N[C@]34[C@H](C(=O)OC)[C@H]1C[C@H]24. The maximum atomic E-state index is 12.9. The highest BCUT2D eigenvalue weighted by Crippen LogP contribution is 2.63. The number of methoxy groups -OCH3 is 1. The fourth-order valence-electron chi connectivity index (χ4n) is 6.21. The van der Waals surface area contributed by atoms with Crippen LogP contribution in [-0.4, -0.2) is 42.6 Å². The molecule has 4 heteroatoms. The van der Waals surface area contributed by atoms with Crippen LogP contribution in [0.3, 0.4) is 0 Å². The van der Waals surface area contributed by atoms with Crippen LogP contribution >= 0.6 is 0 Å². The molecule has 0 aromatic heterocycles. The number of carbonyl (C=O) groups excluding carboxylic acids is 1. The van der Waals surface area contributed by atoms with Gasteiger partial charge in [-0.15, -0.1) is 0 Å². The lowest BCUT2D eigenvalue weighted by molar-refractivity contribution is -0.148. The number of rotatable bonds is 1. The molecule has 1 saturated carbocycles. The fourth-order valence-corrected chi connectivity index (χ4v) is 6.21. The largest absolute Gasteiger partial charge is 0.469 e. The van der Waals surface area contributed by atoms with Crippen LogP contribution in [0.2, 0.25) is 0 Å². The van der Waals surface area contributed by atoms with Crippen molar-refractivity contribution in [1.82, 2.24) is 4.90 Å². The number of esters is 1. The molecule has 1 aromatic rings. The molecule has 2 saturated heterocycles. The Balaban J connectivity index is 1.71. The number of allylic oxidation sites excluding steroid dienone is 1. The van der Waals surface area contributed by atoms with E-state index in [1.54, 1.807) is 0 Å². The van der Waals surface area contributed by atoms with Gasteiger partial charge >= 0.3 is 5.97 Å². The molecule has 5 atom stereocenters. The molecule has 3 fully saturated rings. The molecular formula is C20H24N2O2. The summed E-state index contributed by atoms with van der Waals surface area (Å²) in [5.74, 6) is 0.573. The molecule has 5 rings (SSSR count). The van der Waals surface area contributed by atoms with Gasteiger partial charge in [0.1, 0.15) is 0 Å². The second-order valence-electron chi connectivity index (χ2n) is 7.68. The molecule has 126 valence electrons. The van der Waals surface area contributed by atoms with E-state index in [0.29, 0.717) is 17.9 Å². The van der Waals surface area contributed by atoms with E-state index < -0.39 is 0 Å². The molecule has 1 aliphatic carbocycles. The van der Waals surface area contributed by atoms with Crippen molar-refractivity contribution >= 4 is 11.7 Å². The van der Waals surface area contributed by atoms with Crippen LogP contribution in [0.1, 0.15) is 31.2 Å². The standard InChI is InChI=1S/C20H24N2O2/c1-3-12-11-22-9-8-15-13-6-4-5-7-16(13)21-20(15)17(22)10-14(12)18(20)19(23)24-2/h3-7,14-15,17-18,21H,8-11H2,1-2H3/b12-3-/t14-,15-,17-,18-,20+/m0/s1. The van der Waals surface area contributed by atoms with E-state index in [1.807, 2.05) is 0 Å². The summed E-state index contributed by atoms with van der Waals surface area (Å²) in [6.07, 6.45) is 4.40. The van der Waals surface area contributed by atoms with Gasteiger partial charge in [0, 0.05) is 24.2 Å². The molecule has 0 unspecified atom stereocenters. The number of carbonyl (C=O) groups is 1. The molecule has 0 amide bonds. The number of ether oxygens (including phenoxy) is 1. The number of nitrogens with zero attached hydrogens (tertiary/aromatic N) is 1. The molecule has 4 aliphatic rings. The predicted molar refractivity (Wildman–Crippen MR) is 92.9 cm³/mol. The van der Waals surface area contributed by atoms with Gasteiger partial charge in [0.2, 0.25) is 0 Å². The van der Waals surface area contributed by atoms with E-state index in [2.05, 4.69) is 47.5 Å². The summed E-state index contributed by atoms with van der Waals surface area (Å²) in [7, 11) is 1.54. The Morgan fingerprint density at radius 2 is 2.25 bits per heavy atom. The minimum absolute atomic E-state index is 0.0455. The number of para-hydroxylation sites is 1. The molecule has 0 radical (unpaired) electrons. The normalized spacial score (nSPS) is 40.8. The molecule has 4 nitrogen and oxygen atoms in total. The first-order valence-electron chi connectivity index (χ1n) is 9.04. The van der Waals surface area contributed by atoms with Crippen LogP contribution in [0.15, 0.2) is 35.9 Å². The van der Waals surface area contributed by atoms with Gasteiger partial charge in [-0.25, -0.2) is 0 Å². The van der Waals surface area contributed by atoms with Crippen LogP contribution in [0.4, 0.5) is 5.69 Å². The first-order chi connectivity index (χ1) is 11.7. The Labute approximate surface area is 142 Å². The monoisotopic (exact) mass is 324 g/mol. The van der Waals surface area contributed by atoms with Gasteiger partial charge in [-0.2, -0.15) is 0 Å². The van der Waals surface area contributed by atoms with Crippen LogP contribution in [0.5, 0.6) is 0 Å². The summed E-state index contributed by atoms with van der Waals surface area (Å²) in [5.41, 5.74) is 3.81. The van der Waals surface area contributed by atoms with Crippen molar-refractivity contribution in [2.24, 2.45) is 11.8 Å². The molecule has 1 N–H and O–H groups in total. The smallest absolute Gasteiger partial charge is 0.311 e.